The second-order valence-electron chi connectivity index (χ2n) is 4.72. The van der Waals surface area contributed by atoms with Crippen molar-refractivity contribution >= 4 is 18.0 Å². The standard InChI is InChI=1S/C12H20N2O5/c1-9(2)13(5-3-4-11(16)17)8-10(15)14-6-7-19-12(14)18/h9H,3-8H2,1-2H3,(H,16,17). The van der Waals surface area contributed by atoms with Crippen LogP contribution in [-0.2, 0) is 14.3 Å². The number of rotatable bonds is 7. The average molecular weight is 272 g/mol. The molecule has 0 aromatic rings. The monoisotopic (exact) mass is 272 g/mol. The van der Waals surface area contributed by atoms with Gasteiger partial charge in [0.2, 0.25) is 5.91 Å². The van der Waals surface area contributed by atoms with Crippen molar-refractivity contribution in [2.75, 3.05) is 26.2 Å². The third-order valence-corrected chi connectivity index (χ3v) is 2.97. The molecule has 1 heterocycles. The lowest BCUT2D eigenvalue weighted by atomic mass is 10.2. The minimum absolute atomic E-state index is 0.0726. The Bertz CT molecular complexity index is 356. The molecular formula is C12H20N2O5. The van der Waals surface area contributed by atoms with Crippen LogP contribution in [0.1, 0.15) is 26.7 Å². The summed E-state index contributed by atoms with van der Waals surface area (Å²) in [4.78, 5) is 36.6. The number of hydrogen-bond acceptors (Lipinski definition) is 5. The van der Waals surface area contributed by atoms with Gasteiger partial charge in [0.25, 0.3) is 0 Å². The first-order chi connectivity index (χ1) is 8.91. The Morgan fingerprint density at radius 2 is 2.16 bits per heavy atom. The summed E-state index contributed by atoms with van der Waals surface area (Å²) in [5, 5.41) is 8.60. The summed E-state index contributed by atoms with van der Waals surface area (Å²) in [7, 11) is 0. The fraction of sp³-hybridized carbons (Fsp3) is 0.750. The Balaban J connectivity index is 2.46. The highest BCUT2D eigenvalue weighted by atomic mass is 16.6. The van der Waals surface area contributed by atoms with Crippen molar-refractivity contribution in [2.45, 2.75) is 32.7 Å². The summed E-state index contributed by atoms with van der Waals surface area (Å²) in [5.74, 6) is -1.15. The van der Waals surface area contributed by atoms with E-state index in [2.05, 4.69) is 0 Å². The molecule has 2 amide bonds. The molecule has 0 radical (unpaired) electrons. The molecule has 7 nitrogen and oxygen atoms in total. The smallest absolute Gasteiger partial charge is 0.416 e. The third-order valence-electron chi connectivity index (χ3n) is 2.97. The maximum absolute atomic E-state index is 11.9. The van der Waals surface area contributed by atoms with Gasteiger partial charge < -0.3 is 9.84 Å². The first kappa shape index (κ1) is 15.4. The van der Waals surface area contributed by atoms with Gasteiger partial charge >= 0.3 is 12.1 Å². The van der Waals surface area contributed by atoms with E-state index in [1.807, 2.05) is 18.7 Å². The van der Waals surface area contributed by atoms with E-state index < -0.39 is 12.1 Å². The van der Waals surface area contributed by atoms with Crippen LogP contribution in [0, 0.1) is 0 Å². The summed E-state index contributed by atoms with van der Waals surface area (Å²) >= 11 is 0. The van der Waals surface area contributed by atoms with Gasteiger partial charge in [-0.05, 0) is 26.8 Å². The minimum atomic E-state index is -0.849. The van der Waals surface area contributed by atoms with Crippen molar-refractivity contribution < 1.29 is 24.2 Å². The fourth-order valence-electron chi connectivity index (χ4n) is 1.83. The normalized spacial score (nSPS) is 15.2. The molecule has 0 saturated carbocycles. The van der Waals surface area contributed by atoms with Gasteiger partial charge in [0, 0.05) is 12.5 Å². The van der Waals surface area contributed by atoms with Crippen LogP contribution in [0.25, 0.3) is 0 Å². The summed E-state index contributed by atoms with van der Waals surface area (Å²) in [6.45, 7) is 5.00. The van der Waals surface area contributed by atoms with E-state index in [4.69, 9.17) is 9.84 Å². The van der Waals surface area contributed by atoms with Crippen LogP contribution in [0.15, 0.2) is 0 Å². The van der Waals surface area contributed by atoms with Gasteiger partial charge in [-0.3, -0.25) is 14.5 Å². The van der Waals surface area contributed by atoms with Crippen LogP contribution < -0.4 is 0 Å². The lowest BCUT2D eigenvalue weighted by molar-refractivity contribution is -0.137. The zero-order valence-electron chi connectivity index (χ0n) is 11.3. The Kier molecular flexibility index (Phi) is 5.75. The zero-order valence-corrected chi connectivity index (χ0v) is 11.3. The number of carboxylic acids is 1. The SMILES string of the molecule is CC(C)N(CCCC(=O)O)CC(=O)N1CCOC1=O. The van der Waals surface area contributed by atoms with Gasteiger partial charge in [0.05, 0.1) is 13.1 Å². The van der Waals surface area contributed by atoms with E-state index in [0.29, 0.717) is 19.5 Å². The van der Waals surface area contributed by atoms with Crippen molar-refractivity contribution in [3.63, 3.8) is 0 Å². The third kappa shape index (κ3) is 4.86. The molecule has 7 heteroatoms. The van der Waals surface area contributed by atoms with Crippen LogP contribution in [0.3, 0.4) is 0 Å². The predicted molar refractivity (Wildman–Crippen MR) is 66.6 cm³/mol. The molecule has 0 atom stereocenters. The molecule has 1 aliphatic rings. The van der Waals surface area contributed by atoms with Crippen LogP contribution in [-0.4, -0.2) is 65.2 Å². The van der Waals surface area contributed by atoms with E-state index in [-0.39, 0.29) is 31.5 Å². The highest BCUT2D eigenvalue weighted by Crippen LogP contribution is 2.07. The van der Waals surface area contributed by atoms with Gasteiger partial charge in [-0.2, -0.15) is 0 Å². The van der Waals surface area contributed by atoms with Crippen molar-refractivity contribution in [3.05, 3.63) is 0 Å². The van der Waals surface area contributed by atoms with Crippen LogP contribution in [0.2, 0.25) is 0 Å². The lowest BCUT2D eigenvalue weighted by Gasteiger charge is -2.26. The van der Waals surface area contributed by atoms with E-state index in [1.165, 1.54) is 0 Å². The van der Waals surface area contributed by atoms with Gasteiger partial charge in [-0.25, -0.2) is 9.69 Å². The fourth-order valence-corrected chi connectivity index (χ4v) is 1.83. The number of carbonyl (C=O) groups excluding carboxylic acids is 2. The highest BCUT2D eigenvalue weighted by Gasteiger charge is 2.29. The molecule has 108 valence electrons. The average Bonchev–Trinajstić information content (AvgIpc) is 2.73. The Morgan fingerprint density at radius 1 is 1.47 bits per heavy atom. The minimum Gasteiger partial charge on any atom is -0.481 e. The number of imide groups is 1. The maximum atomic E-state index is 11.9. The Morgan fingerprint density at radius 3 is 2.63 bits per heavy atom. The quantitative estimate of drug-likeness (QED) is 0.728. The van der Waals surface area contributed by atoms with Crippen molar-refractivity contribution in [2.24, 2.45) is 0 Å². The molecule has 0 aromatic heterocycles. The predicted octanol–water partition coefficient (Wildman–Crippen LogP) is 0.540. The largest absolute Gasteiger partial charge is 0.481 e. The molecule has 1 saturated heterocycles. The van der Waals surface area contributed by atoms with Crippen molar-refractivity contribution in [1.29, 1.82) is 0 Å². The summed E-state index contributed by atoms with van der Waals surface area (Å²) in [6.07, 6.45) is -0.0479. The van der Waals surface area contributed by atoms with Gasteiger partial charge in [-0.1, -0.05) is 0 Å². The van der Waals surface area contributed by atoms with Gasteiger partial charge in [0.15, 0.2) is 0 Å². The summed E-state index contributed by atoms with van der Waals surface area (Å²) < 4.78 is 4.71. The molecule has 1 fully saturated rings. The van der Waals surface area contributed by atoms with Crippen molar-refractivity contribution in [1.82, 2.24) is 9.80 Å². The van der Waals surface area contributed by atoms with Gasteiger partial charge in [0.1, 0.15) is 6.61 Å². The molecule has 1 rings (SSSR count). The van der Waals surface area contributed by atoms with E-state index in [1.54, 1.807) is 0 Å². The topological polar surface area (TPSA) is 87.2 Å². The van der Waals surface area contributed by atoms with E-state index in [9.17, 15) is 14.4 Å². The zero-order chi connectivity index (χ0) is 14.4. The molecule has 1 aliphatic heterocycles. The van der Waals surface area contributed by atoms with E-state index in [0.717, 1.165) is 4.90 Å². The molecule has 0 unspecified atom stereocenters. The first-order valence-electron chi connectivity index (χ1n) is 6.34. The molecule has 19 heavy (non-hydrogen) atoms. The number of hydrogen-bond donors (Lipinski definition) is 1. The maximum Gasteiger partial charge on any atom is 0.416 e. The van der Waals surface area contributed by atoms with Crippen LogP contribution in [0.4, 0.5) is 4.79 Å². The number of aliphatic carboxylic acids is 1. The number of carbonyl (C=O) groups is 3. The molecule has 0 aliphatic carbocycles. The summed E-state index contributed by atoms with van der Waals surface area (Å²) in [5.41, 5.74) is 0. The van der Waals surface area contributed by atoms with E-state index >= 15 is 0 Å². The molecule has 0 spiro atoms. The number of amides is 2. The number of cyclic esters (lactones) is 1. The second kappa shape index (κ2) is 7.08. The lowest BCUT2D eigenvalue weighted by Crippen LogP contribution is -2.43. The molecule has 0 aromatic carbocycles. The second-order valence-corrected chi connectivity index (χ2v) is 4.72. The summed E-state index contributed by atoms with van der Waals surface area (Å²) in [6, 6.07) is 0.108. The van der Waals surface area contributed by atoms with Crippen LogP contribution >= 0.6 is 0 Å². The number of ether oxygens (including phenoxy) is 1. The van der Waals surface area contributed by atoms with Crippen molar-refractivity contribution in [3.8, 4) is 0 Å². The van der Waals surface area contributed by atoms with Gasteiger partial charge in [-0.15, -0.1) is 0 Å². The Labute approximate surface area is 112 Å². The first-order valence-corrected chi connectivity index (χ1v) is 6.34. The number of carboxylic acid groups (broad SMARTS) is 1. The molecule has 0 bridgehead atoms. The number of nitrogens with zero attached hydrogens (tertiary/aromatic N) is 2. The highest BCUT2D eigenvalue weighted by molar-refractivity contribution is 5.94. The molecular weight excluding hydrogens is 252 g/mol. The Hall–Kier alpha value is -1.63. The van der Waals surface area contributed by atoms with Crippen LogP contribution in [0.5, 0.6) is 0 Å². The molecule has 1 N–H and O–H groups in total.